The van der Waals surface area contributed by atoms with E-state index in [2.05, 4.69) is 55.4 Å². The summed E-state index contributed by atoms with van der Waals surface area (Å²) >= 11 is 0. The molecule has 2 aromatic rings. The third kappa shape index (κ3) is 3.99. The molecule has 2 N–H and O–H groups in total. The Bertz CT molecular complexity index is 1170. The van der Waals surface area contributed by atoms with Gasteiger partial charge in [-0.1, -0.05) is 32.0 Å². The Kier molecular flexibility index (Phi) is 5.53. The highest BCUT2D eigenvalue weighted by molar-refractivity contribution is 6.09. The van der Waals surface area contributed by atoms with Crippen molar-refractivity contribution in [2.45, 2.75) is 60.3 Å². The Morgan fingerprint density at radius 2 is 1.78 bits per heavy atom. The van der Waals surface area contributed by atoms with Crippen LogP contribution in [0.5, 0.6) is 0 Å². The number of anilines is 1. The SMILES string of the molecule is CC1=C(C(=O)Nc2cc(C)ccn2)C(c2c(C)cccc2C)C2=C(CC(C)(C)CC2=O)N1. The van der Waals surface area contributed by atoms with Crippen LogP contribution in [-0.4, -0.2) is 16.7 Å². The number of carbonyl (C=O) groups is 2. The number of hydrogen-bond acceptors (Lipinski definition) is 4. The first-order valence-electron chi connectivity index (χ1n) is 11.1. The number of ketones is 1. The minimum atomic E-state index is -0.402. The molecule has 1 unspecified atom stereocenters. The molecule has 0 bridgehead atoms. The summed E-state index contributed by atoms with van der Waals surface area (Å²) in [5, 5.41) is 6.39. The van der Waals surface area contributed by atoms with Crippen LogP contribution in [0, 0.1) is 26.2 Å². The number of aromatic nitrogens is 1. The Morgan fingerprint density at radius 1 is 1.09 bits per heavy atom. The number of allylic oxidation sites excluding steroid dienone is 3. The third-order valence-electron chi connectivity index (χ3n) is 6.47. The number of pyridine rings is 1. The summed E-state index contributed by atoms with van der Waals surface area (Å²) in [6.45, 7) is 12.2. The molecule has 1 atom stereocenters. The van der Waals surface area contributed by atoms with Crippen LogP contribution in [0.1, 0.15) is 61.8 Å². The minimum Gasteiger partial charge on any atom is -0.362 e. The number of rotatable bonds is 3. The summed E-state index contributed by atoms with van der Waals surface area (Å²) in [5.74, 6) is -0.0138. The highest BCUT2D eigenvalue weighted by Crippen LogP contribution is 2.48. The summed E-state index contributed by atoms with van der Waals surface area (Å²) in [4.78, 5) is 31.4. The molecule has 1 aromatic carbocycles. The highest BCUT2D eigenvalue weighted by Gasteiger charge is 2.43. The molecular formula is C27H31N3O2. The molecule has 2 aliphatic rings. The molecule has 1 amide bonds. The Labute approximate surface area is 190 Å². The summed E-state index contributed by atoms with van der Waals surface area (Å²) < 4.78 is 0. The van der Waals surface area contributed by atoms with E-state index < -0.39 is 5.92 Å². The summed E-state index contributed by atoms with van der Waals surface area (Å²) in [6, 6.07) is 9.85. The normalized spacial score (nSPS) is 20.1. The van der Waals surface area contributed by atoms with Gasteiger partial charge in [0.1, 0.15) is 5.82 Å². The zero-order valence-electron chi connectivity index (χ0n) is 19.7. The second kappa shape index (κ2) is 8.05. The molecule has 0 radical (unpaired) electrons. The zero-order valence-corrected chi connectivity index (χ0v) is 19.7. The van der Waals surface area contributed by atoms with Gasteiger partial charge in [0.05, 0.1) is 0 Å². The van der Waals surface area contributed by atoms with Gasteiger partial charge in [-0.15, -0.1) is 0 Å². The predicted molar refractivity (Wildman–Crippen MR) is 127 cm³/mol. The van der Waals surface area contributed by atoms with E-state index in [4.69, 9.17) is 0 Å². The van der Waals surface area contributed by atoms with E-state index in [0.29, 0.717) is 17.8 Å². The summed E-state index contributed by atoms with van der Waals surface area (Å²) in [5.41, 5.74) is 7.14. The number of hydrogen-bond donors (Lipinski definition) is 2. The van der Waals surface area contributed by atoms with Crippen molar-refractivity contribution >= 4 is 17.5 Å². The number of benzene rings is 1. The van der Waals surface area contributed by atoms with Crippen molar-refractivity contribution in [1.29, 1.82) is 0 Å². The molecule has 5 nitrogen and oxygen atoms in total. The Hall–Kier alpha value is -3.21. The maximum absolute atomic E-state index is 13.6. The monoisotopic (exact) mass is 429 g/mol. The average Bonchev–Trinajstić information content (AvgIpc) is 2.66. The van der Waals surface area contributed by atoms with Gasteiger partial charge in [0, 0.05) is 41.1 Å². The number of dihydropyridines is 1. The van der Waals surface area contributed by atoms with E-state index in [1.165, 1.54) is 0 Å². The number of Topliss-reactive ketones (excluding diaryl/α,β-unsaturated/α-hetero) is 1. The molecule has 0 spiro atoms. The van der Waals surface area contributed by atoms with Crippen molar-refractivity contribution in [3.63, 3.8) is 0 Å². The van der Waals surface area contributed by atoms with Crippen LogP contribution in [-0.2, 0) is 9.59 Å². The molecule has 32 heavy (non-hydrogen) atoms. The second-order valence-corrected chi connectivity index (χ2v) is 9.91. The lowest BCUT2D eigenvalue weighted by Gasteiger charge is -2.40. The van der Waals surface area contributed by atoms with E-state index in [1.54, 1.807) is 6.20 Å². The van der Waals surface area contributed by atoms with E-state index in [0.717, 1.165) is 45.6 Å². The number of aryl methyl sites for hydroxylation is 3. The Morgan fingerprint density at radius 3 is 2.44 bits per heavy atom. The molecule has 1 aromatic heterocycles. The van der Waals surface area contributed by atoms with Gasteiger partial charge in [-0.25, -0.2) is 4.98 Å². The lowest BCUT2D eigenvalue weighted by molar-refractivity contribution is -0.118. The average molecular weight is 430 g/mol. The molecule has 1 aliphatic carbocycles. The first kappa shape index (κ1) is 22.0. The molecule has 166 valence electrons. The Balaban J connectivity index is 1.87. The minimum absolute atomic E-state index is 0.111. The van der Waals surface area contributed by atoms with Gasteiger partial charge < -0.3 is 10.6 Å². The number of nitrogens with zero attached hydrogens (tertiary/aromatic N) is 1. The standard InChI is InChI=1S/C27H31N3O2/c1-15-10-11-28-21(12-15)30-26(32)23-18(4)29-19-13-27(5,6)14-20(31)24(19)25(23)22-16(2)8-7-9-17(22)3/h7-12,25,29H,13-14H2,1-6H3,(H,28,30,32). The molecule has 0 fully saturated rings. The van der Waals surface area contributed by atoms with Crippen LogP contribution in [0.4, 0.5) is 5.82 Å². The lowest BCUT2D eigenvalue weighted by atomic mass is 9.67. The smallest absolute Gasteiger partial charge is 0.255 e. The fourth-order valence-corrected chi connectivity index (χ4v) is 5.10. The fraction of sp³-hybridized carbons (Fsp3) is 0.370. The quantitative estimate of drug-likeness (QED) is 0.699. The molecule has 0 saturated carbocycles. The van der Waals surface area contributed by atoms with Crippen LogP contribution in [0.3, 0.4) is 0 Å². The van der Waals surface area contributed by atoms with Gasteiger partial charge in [-0.05, 0) is 73.9 Å². The van der Waals surface area contributed by atoms with Crippen LogP contribution >= 0.6 is 0 Å². The lowest BCUT2D eigenvalue weighted by Crippen LogP contribution is -2.39. The molecule has 0 saturated heterocycles. The topological polar surface area (TPSA) is 71.1 Å². The first-order valence-corrected chi connectivity index (χ1v) is 11.1. The van der Waals surface area contributed by atoms with Crippen molar-refractivity contribution in [1.82, 2.24) is 10.3 Å². The van der Waals surface area contributed by atoms with Crippen molar-refractivity contribution in [2.75, 3.05) is 5.32 Å². The van der Waals surface area contributed by atoms with Crippen LogP contribution in [0.25, 0.3) is 0 Å². The van der Waals surface area contributed by atoms with Crippen molar-refractivity contribution in [3.8, 4) is 0 Å². The van der Waals surface area contributed by atoms with Gasteiger partial charge in [0.2, 0.25) is 0 Å². The van der Waals surface area contributed by atoms with Crippen molar-refractivity contribution < 1.29 is 9.59 Å². The second-order valence-electron chi connectivity index (χ2n) is 9.91. The van der Waals surface area contributed by atoms with Crippen molar-refractivity contribution in [2.24, 2.45) is 5.41 Å². The van der Waals surface area contributed by atoms with Crippen LogP contribution in [0.15, 0.2) is 59.1 Å². The molecule has 2 heterocycles. The molecule has 5 heteroatoms. The predicted octanol–water partition coefficient (Wildman–Crippen LogP) is 5.25. The maximum atomic E-state index is 13.6. The summed E-state index contributed by atoms with van der Waals surface area (Å²) in [6.07, 6.45) is 2.94. The van der Waals surface area contributed by atoms with Gasteiger partial charge in [0.15, 0.2) is 5.78 Å². The first-order chi connectivity index (χ1) is 15.1. The third-order valence-corrected chi connectivity index (χ3v) is 6.47. The molecular weight excluding hydrogens is 398 g/mol. The van der Waals surface area contributed by atoms with Gasteiger partial charge in [-0.3, -0.25) is 9.59 Å². The van der Waals surface area contributed by atoms with Crippen molar-refractivity contribution in [3.05, 3.63) is 81.3 Å². The number of nitrogens with one attached hydrogen (secondary N) is 2. The van der Waals surface area contributed by atoms with Crippen LogP contribution in [0.2, 0.25) is 0 Å². The summed E-state index contributed by atoms with van der Waals surface area (Å²) in [7, 11) is 0. The maximum Gasteiger partial charge on any atom is 0.255 e. The van der Waals surface area contributed by atoms with E-state index in [1.807, 2.05) is 32.0 Å². The highest BCUT2D eigenvalue weighted by atomic mass is 16.2. The largest absolute Gasteiger partial charge is 0.362 e. The van der Waals surface area contributed by atoms with Gasteiger partial charge in [-0.2, -0.15) is 0 Å². The van der Waals surface area contributed by atoms with E-state index >= 15 is 0 Å². The van der Waals surface area contributed by atoms with E-state index in [-0.39, 0.29) is 17.1 Å². The van der Waals surface area contributed by atoms with Gasteiger partial charge in [0.25, 0.3) is 5.91 Å². The molecule has 1 aliphatic heterocycles. The number of amides is 1. The zero-order chi connectivity index (χ0) is 23.2. The van der Waals surface area contributed by atoms with E-state index in [9.17, 15) is 9.59 Å². The molecule has 4 rings (SSSR count). The number of carbonyl (C=O) groups excluding carboxylic acids is 2. The van der Waals surface area contributed by atoms with Crippen LogP contribution < -0.4 is 10.6 Å². The fourth-order valence-electron chi connectivity index (χ4n) is 5.10. The van der Waals surface area contributed by atoms with Gasteiger partial charge >= 0.3 is 0 Å².